The Morgan fingerprint density at radius 3 is 2.29 bits per heavy atom. The molecule has 0 fully saturated rings. The minimum absolute atomic E-state index is 0.0942. The molecule has 0 unspecified atom stereocenters. The van der Waals surface area contributed by atoms with E-state index >= 15 is 0 Å². The molecule has 0 bridgehead atoms. The van der Waals surface area contributed by atoms with Crippen LogP contribution < -0.4 is 10.1 Å². The Morgan fingerprint density at radius 1 is 0.952 bits per heavy atom. The lowest BCUT2D eigenvalue weighted by molar-refractivity contribution is -0.116. The molecule has 0 aliphatic heterocycles. The smallest absolute Gasteiger partial charge is 0.224 e. The molecule has 1 N–H and O–H groups in total. The van der Waals surface area contributed by atoms with Crippen LogP contribution in [-0.4, -0.2) is 12.5 Å². The highest BCUT2D eigenvalue weighted by atomic mass is 16.5. The maximum absolute atomic E-state index is 11.7. The SMILES string of the molecule is CCCCCCOc1ccc(NC(=O)CCCCC)cc1. The third kappa shape index (κ3) is 8.38. The van der Waals surface area contributed by atoms with Gasteiger partial charge >= 0.3 is 0 Å². The van der Waals surface area contributed by atoms with Crippen molar-refractivity contribution in [1.82, 2.24) is 0 Å². The summed E-state index contributed by atoms with van der Waals surface area (Å²) in [6.45, 7) is 5.11. The highest BCUT2D eigenvalue weighted by Crippen LogP contribution is 2.16. The number of hydrogen-bond donors (Lipinski definition) is 1. The van der Waals surface area contributed by atoms with E-state index in [-0.39, 0.29) is 5.91 Å². The van der Waals surface area contributed by atoms with Crippen LogP contribution in [0.15, 0.2) is 24.3 Å². The van der Waals surface area contributed by atoms with E-state index in [2.05, 4.69) is 19.2 Å². The summed E-state index contributed by atoms with van der Waals surface area (Å²) in [5.74, 6) is 0.965. The monoisotopic (exact) mass is 291 g/mol. The molecule has 0 atom stereocenters. The van der Waals surface area contributed by atoms with Gasteiger partial charge in [-0.2, -0.15) is 0 Å². The van der Waals surface area contributed by atoms with Crippen LogP contribution in [0.25, 0.3) is 0 Å². The number of nitrogens with one attached hydrogen (secondary N) is 1. The number of hydrogen-bond acceptors (Lipinski definition) is 2. The van der Waals surface area contributed by atoms with Gasteiger partial charge in [0.25, 0.3) is 0 Å². The zero-order chi connectivity index (χ0) is 15.3. The van der Waals surface area contributed by atoms with E-state index < -0.39 is 0 Å². The Morgan fingerprint density at radius 2 is 1.62 bits per heavy atom. The molecule has 1 aromatic rings. The summed E-state index contributed by atoms with van der Waals surface area (Å²) in [6.07, 6.45) is 8.64. The van der Waals surface area contributed by atoms with Gasteiger partial charge in [-0.25, -0.2) is 0 Å². The van der Waals surface area contributed by atoms with Gasteiger partial charge in [0.2, 0.25) is 5.91 Å². The zero-order valence-electron chi connectivity index (χ0n) is 13.5. The standard InChI is InChI=1S/C18H29NO2/c1-3-5-7-9-15-21-17-13-11-16(12-14-17)19-18(20)10-8-6-4-2/h11-14H,3-10,15H2,1-2H3,(H,19,20). The maximum Gasteiger partial charge on any atom is 0.224 e. The lowest BCUT2D eigenvalue weighted by atomic mass is 10.2. The molecule has 0 saturated carbocycles. The summed E-state index contributed by atoms with van der Waals surface area (Å²) in [7, 11) is 0. The number of unbranched alkanes of at least 4 members (excludes halogenated alkanes) is 5. The van der Waals surface area contributed by atoms with E-state index in [4.69, 9.17) is 4.74 Å². The first-order chi connectivity index (χ1) is 10.3. The number of benzene rings is 1. The van der Waals surface area contributed by atoms with E-state index in [1.165, 1.54) is 19.3 Å². The first kappa shape index (κ1) is 17.5. The lowest BCUT2D eigenvalue weighted by Gasteiger charge is -2.08. The summed E-state index contributed by atoms with van der Waals surface area (Å²) in [5, 5.41) is 2.92. The van der Waals surface area contributed by atoms with E-state index in [1.807, 2.05) is 24.3 Å². The normalized spacial score (nSPS) is 10.4. The van der Waals surface area contributed by atoms with Crippen LogP contribution in [0.3, 0.4) is 0 Å². The molecule has 0 radical (unpaired) electrons. The number of carbonyl (C=O) groups excluding carboxylic acids is 1. The molecule has 0 saturated heterocycles. The number of carbonyl (C=O) groups is 1. The van der Waals surface area contributed by atoms with Gasteiger partial charge in [0.1, 0.15) is 5.75 Å². The van der Waals surface area contributed by atoms with Crippen LogP contribution in [0.5, 0.6) is 5.75 Å². The molecule has 1 aromatic carbocycles. The van der Waals surface area contributed by atoms with Crippen LogP contribution in [0.2, 0.25) is 0 Å². The Kier molecular flexibility index (Phi) is 9.34. The van der Waals surface area contributed by atoms with E-state index in [0.717, 1.165) is 43.7 Å². The average molecular weight is 291 g/mol. The highest BCUT2D eigenvalue weighted by Gasteiger charge is 2.02. The molecule has 0 spiro atoms. The third-order valence-corrected chi connectivity index (χ3v) is 3.41. The molecule has 3 heteroatoms. The molecule has 118 valence electrons. The second-order valence-electron chi connectivity index (χ2n) is 5.44. The average Bonchev–Trinajstić information content (AvgIpc) is 2.49. The van der Waals surface area contributed by atoms with Crippen molar-refractivity contribution in [2.45, 2.75) is 65.2 Å². The summed E-state index contributed by atoms with van der Waals surface area (Å²) < 4.78 is 5.68. The van der Waals surface area contributed by atoms with Gasteiger partial charge in [-0.3, -0.25) is 4.79 Å². The molecule has 1 amide bonds. The van der Waals surface area contributed by atoms with E-state index in [1.54, 1.807) is 0 Å². The van der Waals surface area contributed by atoms with Gasteiger partial charge in [-0.15, -0.1) is 0 Å². The van der Waals surface area contributed by atoms with Crippen LogP contribution in [-0.2, 0) is 4.79 Å². The number of rotatable bonds is 11. The fraction of sp³-hybridized carbons (Fsp3) is 0.611. The van der Waals surface area contributed by atoms with Crippen molar-refractivity contribution in [3.63, 3.8) is 0 Å². The quantitative estimate of drug-likeness (QED) is 0.571. The predicted octanol–water partition coefficient (Wildman–Crippen LogP) is 5.16. The summed E-state index contributed by atoms with van der Waals surface area (Å²) >= 11 is 0. The van der Waals surface area contributed by atoms with Crippen molar-refractivity contribution in [2.75, 3.05) is 11.9 Å². The van der Waals surface area contributed by atoms with Gasteiger partial charge in [0.15, 0.2) is 0 Å². The molecule has 0 heterocycles. The van der Waals surface area contributed by atoms with Crippen molar-refractivity contribution < 1.29 is 9.53 Å². The molecule has 0 aliphatic rings. The molecular weight excluding hydrogens is 262 g/mol. The fourth-order valence-corrected chi connectivity index (χ4v) is 2.11. The summed E-state index contributed by atoms with van der Waals surface area (Å²) in [5.41, 5.74) is 0.842. The van der Waals surface area contributed by atoms with Gasteiger partial charge in [0, 0.05) is 12.1 Å². The van der Waals surface area contributed by atoms with Crippen LogP contribution >= 0.6 is 0 Å². The first-order valence-electron chi connectivity index (χ1n) is 8.29. The minimum Gasteiger partial charge on any atom is -0.494 e. The minimum atomic E-state index is 0.0942. The van der Waals surface area contributed by atoms with E-state index in [9.17, 15) is 4.79 Å². The molecule has 3 nitrogen and oxygen atoms in total. The van der Waals surface area contributed by atoms with Crippen molar-refractivity contribution in [1.29, 1.82) is 0 Å². The van der Waals surface area contributed by atoms with Crippen LogP contribution in [0, 0.1) is 0 Å². The highest BCUT2D eigenvalue weighted by molar-refractivity contribution is 5.90. The topological polar surface area (TPSA) is 38.3 Å². The van der Waals surface area contributed by atoms with Crippen molar-refractivity contribution in [3.8, 4) is 5.75 Å². The second-order valence-corrected chi connectivity index (χ2v) is 5.44. The Bertz CT molecular complexity index is 387. The molecule has 0 aromatic heterocycles. The van der Waals surface area contributed by atoms with Crippen LogP contribution in [0.1, 0.15) is 65.2 Å². The second kappa shape index (κ2) is 11.2. The Balaban J connectivity index is 2.25. The predicted molar refractivity (Wildman–Crippen MR) is 88.9 cm³/mol. The third-order valence-electron chi connectivity index (χ3n) is 3.41. The molecule has 21 heavy (non-hydrogen) atoms. The Hall–Kier alpha value is -1.51. The lowest BCUT2D eigenvalue weighted by Crippen LogP contribution is -2.10. The number of anilines is 1. The van der Waals surface area contributed by atoms with E-state index in [0.29, 0.717) is 6.42 Å². The summed E-state index contributed by atoms with van der Waals surface area (Å²) in [6, 6.07) is 7.64. The molecule has 0 aliphatic carbocycles. The molecular formula is C18H29NO2. The zero-order valence-corrected chi connectivity index (χ0v) is 13.5. The number of ether oxygens (including phenoxy) is 1. The van der Waals surface area contributed by atoms with Gasteiger partial charge in [0.05, 0.1) is 6.61 Å². The fourth-order valence-electron chi connectivity index (χ4n) is 2.11. The largest absolute Gasteiger partial charge is 0.494 e. The van der Waals surface area contributed by atoms with Crippen LogP contribution in [0.4, 0.5) is 5.69 Å². The maximum atomic E-state index is 11.7. The van der Waals surface area contributed by atoms with Crippen molar-refractivity contribution >= 4 is 11.6 Å². The van der Waals surface area contributed by atoms with Gasteiger partial charge in [-0.05, 0) is 37.1 Å². The van der Waals surface area contributed by atoms with Gasteiger partial charge in [-0.1, -0.05) is 46.0 Å². The van der Waals surface area contributed by atoms with Crippen molar-refractivity contribution in [3.05, 3.63) is 24.3 Å². The Labute approximate surface area is 129 Å². The molecule has 1 rings (SSSR count). The van der Waals surface area contributed by atoms with Gasteiger partial charge < -0.3 is 10.1 Å². The number of amides is 1. The summed E-state index contributed by atoms with van der Waals surface area (Å²) in [4.78, 5) is 11.7. The first-order valence-corrected chi connectivity index (χ1v) is 8.29. The van der Waals surface area contributed by atoms with Crippen molar-refractivity contribution in [2.24, 2.45) is 0 Å².